The molecule has 2 rings (SSSR count). The molecule has 17 heavy (non-hydrogen) atoms. The second kappa shape index (κ2) is 4.63. The molecule has 2 N–H and O–H groups in total. The third kappa shape index (κ3) is 2.68. The van der Waals surface area contributed by atoms with Crippen molar-refractivity contribution in [2.75, 3.05) is 5.73 Å². The van der Waals surface area contributed by atoms with Crippen LogP contribution < -0.4 is 10.5 Å². The zero-order valence-corrected chi connectivity index (χ0v) is 10.5. The van der Waals surface area contributed by atoms with Gasteiger partial charge in [0.05, 0.1) is 0 Å². The molecule has 0 aliphatic carbocycles. The molecule has 1 aromatic carbocycles. The van der Waals surface area contributed by atoms with Crippen LogP contribution in [0.15, 0.2) is 30.5 Å². The van der Waals surface area contributed by atoms with E-state index in [9.17, 15) is 0 Å². The van der Waals surface area contributed by atoms with Crippen LogP contribution >= 0.6 is 11.6 Å². The highest BCUT2D eigenvalue weighted by Crippen LogP contribution is 2.28. The highest BCUT2D eigenvalue weighted by atomic mass is 35.5. The van der Waals surface area contributed by atoms with Gasteiger partial charge in [-0.05, 0) is 37.1 Å². The van der Waals surface area contributed by atoms with Gasteiger partial charge < -0.3 is 10.5 Å². The van der Waals surface area contributed by atoms with Crippen molar-refractivity contribution in [1.29, 1.82) is 0 Å². The molecule has 0 spiro atoms. The molecule has 88 valence electrons. The van der Waals surface area contributed by atoms with E-state index in [4.69, 9.17) is 22.1 Å². The van der Waals surface area contributed by atoms with Crippen LogP contribution in [0.5, 0.6) is 11.6 Å². The van der Waals surface area contributed by atoms with Gasteiger partial charge in [0.15, 0.2) is 0 Å². The molecule has 0 unspecified atom stereocenters. The lowest BCUT2D eigenvalue weighted by molar-refractivity contribution is 0.459. The summed E-state index contributed by atoms with van der Waals surface area (Å²) in [6.07, 6.45) is 1.69. The molecule has 0 aliphatic rings. The van der Waals surface area contributed by atoms with E-state index in [2.05, 4.69) is 4.98 Å². The van der Waals surface area contributed by atoms with Crippen molar-refractivity contribution in [3.8, 4) is 11.6 Å². The Labute approximate surface area is 105 Å². The first kappa shape index (κ1) is 11.7. The van der Waals surface area contributed by atoms with Crippen LogP contribution in [0.3, 0.4) is 0 Å². The molecule has 0 aliphatic heterocycles. The van der Waals surface area contributed by atoms with E-state index >= 15 is 0 Å². The quantitative estimate of drug-likeness (QED) is 0.881. The predicted octanol–water partition coefficient (Wildman–Crippen LogP) is 3.73. The minimum Gasteiger partial charge on any atom is -0.439 e. The number of hydrogen-bond donors (Lipinski definition) is 1. The lowest BCUT2D eigenvalue weighted by Crippen LogP contribution is -1.95. The number of benzene rings is 1. The highest BCUT2D eigenvalue weighted by molar-refractivity contribution is 6.30. The van der Waals surface area contributed by atoms with E-state index in [-0.39, 0.29) is 0 Å². The maximum atomic E-state index is 5.91. The van der Waals surface area contributed by atoms with Crippen molar-refractivity contribution >= 4 is 17.3 Å². The lowest BCUT2D eigenvalue weighted by atomic mass is 10.2. The zero-order valence-electron chi connectivity index (χ0n) is 9.70. The Morgan fingerprint density at radius 1 is 1.18 bits per heavy atom. The number of ether oxygens (including phenoxy) is 1. The van der Waals surface area contributed by atoms with Crippen LogP contribution in [0.2, 0.25) is 5.02 Å². The number of nitrogens with zero attached hydrogens (tertiary/aromatic N) is 1. The number of aryl methyl sites for hydroxylation is 2. The van der Waals surface area contributed by atoms with Gasteiger partial charge in [0.25, 0.3) is 0 Å². The average molecular weight is 249 g/mol. The number of hydrogen-bond acceptors (Lipinski definition) is 3. The highest BCUT2D eigenvalue weighted by Gasteiger charge is 2.05. The van der Waals surface area contributed by atoms with Crippen molar-refractivity contribution in [3.63, 3.8) is 0 Å². The second-order valence-corrected chi connectivity index (χ2v) is 4.33. The molecular weight excluding hydrogens is 236 g/mol. The number of halogens is 1. The standard InChI is InChI=1S/C13H13ClN2O/c1-8-3-4-10(14)5-12(8)17-13-6-11(15)9(2)7-16-13/h3-7H,1-2H3,(H2,15,16). The van der Waals surface area contributed by atoms with Gasteiger partial charge in [0.2, 0.25) is 5.88 Å². The molecule has 0 bridgehead atoms. The Kier molecular flexibility index (Phi) is 3.20. The molecule has 1 heterocycles. The van der Waals surface area contributed by atoms with Crippen LogP contribution in [0.1, 0.15) is 11.1 Å². The van der Waals surface area contributed by atoms with Crippen LogP contribution in [0.4, 0.5) is 5.69 Å². The molecule has 0 atom stereocenters. The van der Waals surface area contributed by atoms with Gasteiger partial charge >= 0.3 is 0 Å². The number of nitrogens with two attached hydrogens (primary N) is 1. The number of rotatable bonds is 2. The number of anilines is 1. The van der Waals surface area contributed by atoms with E-state index in [0.717, 1.165) is 11.1 Å². The van der Waals surface area contributed by atoms with Crippen molar-refractivity contribution < 1.29 is 4.74 Å². The molecule has 0 fully saturated rings. The molecular formula is C13H13ClN2O. The summed E-state index contributed by atoms with van der Waals surface area (Å²) in [6.45, 7) is 3.85. The topological polar surface area (TPSA) is 48.1 Å². The van der Waals surface area contributed by atoms with Crippen molar-refractivity contribution in [2.45, 2.75) is 13.8 Å². The fourth-order valence-electron chi connectivity index (χ4n) is 1.37. The molecule has 4 heteroatoms. The molecule has 2 aromatic rings. The van der Waals surface area contributed by atoms with Crippen LogP contribution in [-0.4, -0.2) is 4.98 Å². The van der Waals surface area contributed by atoms with Gasteiger partial charge in [-0.25, -0.2) is 4.98 Å². The molecule has 0 radical (unpaired) electrons. The van der Waals surface area contributed by atoms with Gasteiger partial charge in [0.1, 0.15) is 5.75 Å². The van der Waals surface area contributed by atoms with Crippen LogP contribution in [0, 0.1) is 13.8 Å². The normalized spacial score (nSPS) is 10.3. The fraction of sp³-hybridized carbons (Fsp3) is 0.154. The van der Waals surface area contributed by atoms with E-state index in [1.54, 1.807) is 18.3 Å². The fourth-order valence-corrected chi connectivity index (χ4v) is 1.53. The Morgan fingerprint density at radius 2 is 1.94 bits per heavy atom. The van der Waals surface area contributed by atoms with Gasteiger partial charge in [-0.3, -0.25) is 0 Å². The van der Waals surface area contributed by atoms with E-state index in [1.165, 1.54) is 0 Å². The smallest absolute Gasteiger partial charge is 0.221 e. The zero-order chi connectivity index (χ0) is 12.4. The molecule has 1 aromatic heterocycles. The number of nitrogen functional groups attached to an aromatic ring is 1. The number of pyridine rings is 1. The van der Waals surface area contributed by atoms with Crippen molar-refractivity contribution in [2.24, 2.45) is 0 Å². The first-order valence-electron chi connectivity index (χ1n) is 5.22. The molecule has 0 saturated carbocycles. The van der Waals surface area contributed by atoms with Gasteiger partial charge in [-0.15, -0.1) is 0 Å². The minimum absolute atomic E-state index is 0.471. The second-order valence-electron chi connectivity index (χ2n) is 3.89. The van der Waals surface area contributed by atoms with Gasteiger partial charge in [-0.2, -0.15) is 0 Å². The van der Waals surface area contributed by atoms with E-state index in [0.29, 0.717) is 22.3 Å². The maximum Gasteiger partial charge on any atom is 0.221 e. The number of aromatic nitrogens is 1. The summed E-state index contributed by atoms with van der Waals surface area (Å²) in [5.41, 5.74) is 8.38. The Hall–Kier alpha value is -1.74. The van der Waals surface area contributed by atoms with Gasteiger partial charge in [0, 0.05) is 23.0 Å². The monoisotopic (exact) mass is 248 g/mol. The van der Waals surface area contributed by atoms with Crippen molar-refractivity contribution in [1.82, 2.24) is 4.98 Å². The summed E-state index contributed by atoms with van der Waals surface area (Å²) in [4.78, 5) is 4.16. The van der Waals surface area contributed by atoms with Gasteiger partial charge in [-0.1, -0.05) is 17.7 Å². The third-order valence-corrected chi connectivity index (χ3v) is 2.72. The lowest BCUT2D eigenvalue weighted by Gasteiger charge is -2.09. The predicted molar refractivity (Wildman–Crippen MR) is 69.6 cm³/mol. The average Bonchev–Trinajstić information content (AvgIpc) is 2.29. The Balaban J connectivity index is 2.31. The summed E-state index contributed by atoms with van der Waals surface area (Å²) < 4.78 is 5.65. The molecule has 0 saturated heterocycles. The first-order chi connectivity index (χ1) is 8.06. The summed E-state index contributed by atoms with van der Waals surface area (Å²) >= 11 is 5.91. The van der Waals surface area contributed by atoms with Crippen LogP contribution in [0.25, 0.3) is 0 Å². The molecule has 3 nitrogen and oxygen atoms in total. The molecule has 0 amide bonds. The first-order valence-corrected chi connectivity index (χ1v) is 5.60. The SMILES string of the molecule is Cc1cnc(Oc2cc(Cl)ccc2C)cc1N. The van der Waals surface area contributed by atoms with Crippen molar-refractivity contribution in [3.05, 3.63) is 46.6 Å². The van der Waals surface area contributed by atoms with Crippen LogP contribution in [-0.2, 0) is 0 Å². The summed E-state index contributed by atoms with van der Waals surface area (Å²) in [5, 5.41) is 0.630. The van der Waals surface area contributed by atoms with E-state index < -0.39 is 0 Å². The maximum absolute atomic E-state index is 5.91. The Morgan fingerprint density at radius 3 is 2.65 bits per heavy atom. The summed E-state index contributed by atoms with van der Waals surface area (Å²) in [7, 11) is 0. The Bertz CT molecular complexity index is 555. The summed E-state index contributed by atoms with van der Waals surface area (Å²) in [6, 6.07) is 7.18. The largest absolute Gasteiger partial charge is 0.439 e. The third-order valence-electron chi connectivity index (χ3n) is 2.48. The minimum atomic E-state index is 0.471. The van der Waals surface area contributed by atoms with E-state index in [1.807, 2.05) is 26.0 Å². The summed E-state index contributed by atoms with van der Waals surface area (Å²) in [5.74, 6) is 1.16.